The minimum absolute atomic E-state index is 0.330. The second-order valence-electron chi connectivity index (χ2n) is 5.78. The first-order valence-electron chi connectivity index (χ1n) is 7.45. The third kappa shape index (κ3) is 3.39. The maximum Gasteiger partial charge on any atom is 0.332 e. The SMILES string of the molecule is C/C(CC1=CCCC(C#N)=C1)=N\c1c(C)c(=O)n(C)c(=O)n1C. The van der Waals surface area contributed by atoms with Crippen LogP contribution < -0.4 is 11.2 Å². The number of rotatable bonds is 3. The first kappa shape index (κ1) is 16.7. The summed E-state index contributed by atoms with van der Waals surface area (Å²) >= 11 is 0. The molecule has 1 aromatic rings. The summed E-state index contributed by atoms with van der Waals surface area (Å²) in [5.74, 6) is 0.386. The summed E-state index contributed by atoms with van der Waals surface area (Å²) in [6.07, 6.45) is 6.20. The Morgan fingerprint density at radius 2 is 2.04 bits per heavy atom. The molecule has 1 aromatic heterocycles. The van der Waals surface area contributed by atoms with Crippen molar-refractivity contribution in [2.75, 3.05) is 0 Å². The number of nitriles is 1. The Kier molecular flexibility index (Phi) is 4.80. The molecule has 2 rings (SSSR count). The number of hydrogen-bond donors (Lipinski definition) is 0. The average Bonchev–Trinajstić information content (AvgIpc) is 2.55. The Morgan fingerprint density at radius 1 is 1.35 bits per heavy atom. The molecule has 0 unspecified atom stereocenters. The molecular formula is C17H20N4O2. The maximum atomic E-state index is 12.0. The second-order valence-corrected chi connectivity index (χ2v) is 5.78. The van der Waals surface area contributed by atoms with Crippen molar-refractivity contribution in [2.24, 2.45) is 19.1 Å². The Morgan fingerprint density at radius 3 is 2.70 bits per heavy atom. The molecule has 0 fully saturated rings. The van der Waals surface area contributed by atoms with Crippen LogP contribution in [0.2, 0.25) is 0 Å². The lowest BCUT2D eigenvalue weighted by atomic mass is 9.97. The van der Waals surface area contributed by atoms with Gasteiger partial charge in [-0.15, -0.1) is 0 Å². The van der Waals surface area contributed by atoms with E-state index >= 15 is 0 Å². The molecule has 1 heterocycles. The molecule has 0 aliphatic heterocycles. The third-order valence-corrected chi connectivity index (χ3v) is 3.93. The van der Waals surface area contributed by atoms with E-state index in [0.29, 0.717) is 17.8 Å². The van der Waals surface area contributed by atoms with Crippen LogP contribution in [0.15, 0.2) is 37.9 Å². The molecule has 0 amide bonds. The summed E-state index contributed by atoms with van der Waals surface area (Å²) in [5.41, 5.74) is 2.32. The van der Waals surface area contributed by atoms with Gasteiger partial charge in [0.05, 0.1) is 11.6 Å². The van der Waals surface area contributed by atoms with E-state index in [1.807, 2.05) is 13.0 Å². The predicted octanol–water partition coefficient (Wildman–Crippen LogP) is 2.05. The van der Waals surface area contributed by atoms with Gasteiger partial charge in [0.25, 0.3) is 5.56 Å². The summed E-state index contributed by atoms with van der Waals surface area (Å²) < 4.78 is 2.46. The Labute approximate surface area is 134 Å². The standard InChI is InChI=1S/C17H20N4O2/c1-11(8-13-6-5-7-14(9-13)10-18)19-15-12(2)16(22)21(4)17(23)20(15)3/h6,9H,5,7-8H2,1-4H3/b19-11+. The van der Waals surface area contributed by atoms with Crippen LogP contribution in [0.4, 0.5) is 5.82 Å². The largest absolute Gasteiger partial charge is 0.332 e. The highest BCUT2D eigenvalue weighted by atomic mass is 16.2. The third-order valence-electron chi connectivity index (χ3n) is 3.93. The van der Waals surface area contributed by atoms with E-state index in [-0.39, 0.29) is 5.56 Å². The molecule has 6 nitrogen and oxygen atoms in total. The van der Waals surface area contributed by atoms with Crippen molar-refractivity contribution in [3.63, 3.8) is 0 Å². The van der Waals surface area contributed by atoms with Crippen molar-refractivity contribution >= 4 is 11.5 Å². The number of aromatic nitrogens is 2. The maximum absolute atomic E-state index is 12.0. The van der Waals surface area contributed by atoms with Gasteiger partial charge in [-0.3, -0.25) is 13.9 Å². The zero-order valence-electron chi connectivity index (χ0n) is 13.9. The molecule has 23 heavy (non-hydrogen) atoms. The van der Waals surface area contributed by atoms with E-state index in [2.05, 4.69) is 17.1 Å². The van der Waals surface area contributed by atoms with Crippen LogP contribution in [0.5, 0.6) is 0 Å². The van der Waals surface area contributed by atoms with Gasteiger partial charge in [-0.1, -0.05) is 6.08 Å². The van der Waals surface area contributed by atoms with Gasteiger partial charge < -0.3 is 0 Å². The van der Waals surface area contributed by atoms with Gasteiger partial charge >= 0.3 is 5.69 Å². The quantitative estimate of drug-likeness (QED) is 0.801. The van der Waals surface area contributed by atoms with Gasteiger partial charge in [-0.05, 0) is 38.3 Å². The van der Waals surface area contributed by atoms with Gasteiger partial charge in [0.2, 0.25) is 0 Å². The molecule has 1 aliphatic rings. The summed E-state index contributed by atoms with van der Waals surface area (Å²) in [6, 6.07) is 2.19. The van der Waals surface area contributed by atoms with Crippen molar-refractivity contribution in [1.82, 2.24) is 9.13 Å². The predicted molar refractivity (Wildman–Crippen MR) is 90.1 cm³/mol. The average molecular weight is 312 g/mol. The lowest BCUT2D eigenvalue weighted by Gasteiger charge is -2.12. The molecule has 0 aromatic carbocycles. The number of aliphatic imine (C=N–C) groups is 1. The van der Waals surface area contributed by atoms with Gasteiger partial charge in [-0.25, -0.2) is 9.79 Å². The van der Waals surface area contributed by atoms with Crippen LogP contribution in [0.25, 0.3) is 0 Å². The number of hydrogen-bond acceptors (Lipinski definition) is 4. The first-order valence-corrected chi connectivity index (χ1v) is 7.45. The number of allylic oxidation sites excluding steroid dienone is 4. The van der Waals surface area contributed by atoms with E-state index in [1.165, 1.54) is 11.6 Å². The normalized spacial score (nSPS) is 15.0. The van der Waals surface area contributed by atoms with Crippen LogP contribution in [0, 0.1) is 18.3 Å². The van der Waals surface area contributed by atoms with Crippen LogP contribution in [0.1, 0.15) is 31.7 Å². The molecule has 0 spiro atoms. The van der Waals surface area contributed by atoms with Crippen molar-refractivity contribution < 1.29 is 0 Å². The van der Waals surface area contributed by atoms with Crippen LogP contribution in [0.3, 0.4) is 0 Å². The summed E-state index contributed by atoms with van der Waals surface area (Å²) in [4.78, 5) is 28.5. The molecule has 0 bridgehead atoms. The van der Waals surface area contributed by atoms with Gasteiger partial charge in [0.1, 0.15) is 5.82 Å². The minimum atomic E-state index is -0.393. The van der Waals surface area contributed by atoms with E-state index in [0.717, 1.165) is 34.3 Å². The van der Waals surface area contributed by atoms with Gasteiger partial charge in [0.15, 0.2) is 0 Å². The summed E-state index contributed by atoms with van der Waals surface area (Å²) in [7, 11) is 3.06. The molecule has 0 N–H and O–H groups in total. The Bertz CT molecular complexity index is 852. The van der Waals surface area contributed by atoms with Crippen LogP contribution in [-0.4, -0.2) is 14.8 Å². The van der Waals surface area contributed by atoms with E-state index in [9.17, 15) is 9.59 Å². The molecule has 0 saturated heterocycles. The lowest BCUT2D eigenvalue weighted by Crippen LogP contribution is -2.38. The smallest absolute Gasteiger partial charge is 0.281 e. The Balaban J connectivity index is 2.39. The molecule has 0 atom stereocenters. The zero-order valence-corrected chi connectivity index (χ0v) is 13.9. The molecule has 1 aliphatic carbocycles. The topological polar surface area (TPSA) is 80.2 Å². The van der Waals surface area contributed by atoms with Crippen molar-refractivity contribution in [3.8, 4) is 6.07 Å². The number of nitrogens with zero attached hydrogens (tertiary/aromatic N) is 4. The molecular weight excluding hydrogens is 292 g/mol. The second kappa shape index (κ2) is 6.61. The first-order chi connectivity index (χ1) is 10.8. The zero-order chi connectivity index (χ0) is 17.1. The van der Waals surface area contributed by atoms with Crippen LogP contribution in [-0.2, 0) is 14.1 Å². The monoisotopic (exact) mass is 312 g/mol. The van der Waals surface area contributed by atoms with Crippen molar-refractivity contribution in [3.05, 3.63) is 49.7 Å². The molecule has 6 heteroatoms. The van der Waals surface area contributed by atoms with Gasteiger partial charge in [0, 0.05) is 31.8 Å². The van der Waals surface area contributed by atoms with Crippen molar-refractivity contribution in [2.45, 2.75) is 33.1 Å². The summed E-state index contributed by atoms with van der Waals surface area (Å²) in [5, 5.41) is 8.99. The minimum Gasteiger partial charge on any atom is -0.281 e. The highest BCUT2D eigenvalue weighted by molar-refractivity contribution is 5.87. The van der Waals surface area contributed by atoms with Crippen molar-refractivity contribution in [1.29, 1.82) is 5.26 Å². The fraction of sp³-hybridized carbons (Fsp3) is 0.412. The van der Waals surface area contributed by atoms with E-state index in [4.69, 9.17) is 5.26 Å². The van der Waals surface area contributed by atoms with Gasteiger partial charge in [-0.2, -0.15) is 5.26 Å². The van der Waals surface area contributed by atoms with Crippen LogP contribution >= 0.6 is 0 Å². The molecule has 0 saturated carbocycles. The lowest BCUT2D eigenvalue weighted by molar-refractivity contribution is 0.680. The summed E-state index contributed by atoms with van der Waals surface area (Å²) in [6.45, 7) is 3.53. The van der Waals surface area contributed by atoms with E-state index in [1.54, 1.807) is 14.0 Å². The van der Waals surface area contributed by atoms with E-state index < -0.39 is 5.69 Å². The highest BCUT2D eigenvalue weighted by Crippen LogP contribution is 2.21. The molecule has 120 valence electrons. The highest BCUT2D eigenvalue weighted by Gasteiger charge is 2.12. The fourth-order valence-corrected chi connectivity index (χ4v) is 2.66. The fourth-order valence-electron chi connectivity index (χ4n) is 2.66. The molecule has 0 radical (unpaired) electrons. The Hall–Kier alpha value is -2.68.